The number of halogens is 3. The van der Waals surface area contributed by atoms with E-state index in [9.17, 15) is 22.8 Å². The van der Waals surface area contributed by atoms with Crippen molar-refractivity contribution >= 4 is 39.0 Å². The van der Waals surface area contributed by atoms with Crippen molar-refractivity contribution in [3.63, 3.8) is 0 Å². The zero-order valence-electron chi connectivity index (χ0n) is 12.5. The average Bonchev–Trinajstić information content (AvgIpc) is 3.02. The molecule has 0 aliphatic heterocycles. The Hall–Kier alpha value is -2.87. The number of carbonyl (C=O) groups excluding carboxylic acids is 2. The normalized spacial score (nSPS) is 10.7. The molecule has 3 aromatic rings. The summed E-state index contributed by atoms with van der Waals surface area (Å²) in [5.74, 6) is -4.10. The molecule has 0 radical (unpaired) electrons. The summed E-state index contributed by atoms with van der Waals surface area (Å²) >= 11 is 1.04. The fourth-order valence-corrected chi connectivity index (χ4v) is 3.07. The minimum absolute atomic E-state index is 0.0314. The quantitative estimate of drug-likeness (QED) is 0.708. The van der Waals surface area contributed by atoms with Gasteiger partial charge in [-0.15, -0.1) is 11.3 Å². The molecule has 8 heteroatoms. The van der Waals surface area contributed by atoms with Crippen molar-refractivity contribution in [3.8, 4) is 0 Å². The molecule has 0 spiro atoms. The maximum absolute atomic E-state index is 13.6. The van der Waals surface area contributed by atoms with E-state index in [0.29, 0.717) is 10.1 Å². The highest BCUT2D eigenvalue weighted by molar-refractivity contribution is 7.20. The number of ether oxygens (including phenoxy) is 1. The van der Waals surface area contributed by atoms with Crippen LogP contribution in [0.25, 0.3) is 10.1 Å². The van der Waals surface area contributed by atoms with E-state index in [-0.39, 0.29) is 10.6 Å². The van der Waals surface area contributed by atoms with E-state index >= 15 is 0 Å². The number of hydrogen-bond donors (Lipinski definition) is 1. The molecule has 0 saturated carbocycles. The molecular formula is C17H10F3NO3S. The van der Waals surface area contributed by atoms with Crippen LogP contribution in [-0.2, 0) is 9.53 Å². The number of carbonyl (C=O) groups is 2. The van der Waals surface area contributed by atoms with Crippen LogP contribution >= 0.6 is 11.3 Å². The Bertz CT molecular complexity index is 971. The van der Waals surface area contributed by atoms with Crippen LogP contribution in [0.15, 0.2) is 42.5 Å². The molecule has 2 aromatic carbocycles. The molecule has 0 atom stereocenters. The van der Waals surface area contributed by atoms with Crippen LogP contribution in [0, 0.1) is 17.5 Å². The van der Waals surface area contributed by atoms with Gasteiger partial charge in [-0.25, -0.2) is 18.0 Å². The van der Waals surface area contributed by atoms with Gasteiger partial charge < -0.3 is 10.1 Å². The SMILES string of the molecule is O=C(COC(=O)c1cc2c(F)cccc2s1)Nc1ccc(F)c(F)c1. The van der Waals surface area contributed by atoms with Crippen LogP contribution in [0.5, 0.6) is 0 Å². The lowest BCUT2D eigenvalue weighted by Gasteiger charge is -2.06. The minimum atomic E-state index is -1.11. The third-order valence-electron chi connectivity index (χ3n) is 3.25. The Balaban J connectivity index is 1.61. The lowest BCUT2D eigenvalue weighted by atomic mass is 10.2. The first kappa shape index (κ1) is 17.0. The van der Waals surface area contributed by atoms with E-state index in [1.807, 2.05) is 0 Å². The van der Waals surface area contributed by atoms with E-state index < -0.39 is 35.9 Å². The molecular weight excluding hydrogens is 355 g/mol. The summed E-state index contributed by atoms with van der Waals surface area (Å²) in [5, 5.41) is 2.57. The Kier molecular flexibility index (Phi) is 4.71. The average molecular weight is 365 g/mol. The zero-order valence-corrected chi connectivity index (χ0v) is 13.3. The first-order chi connectivity index (χ1) is 11.9. The first-order valence-corrected chi connectivity index (χ1v) is 7.86. The molecule has 4 nitrogen and oxygen atoms in total. The molecule has 0 unspecified atom stereocenters. The van der Waals surface area contributed by atoms with Crippen LogP contribution < -0.4 is 5.32 Å². The van der Waals surface area contributed by atoms with Gasteiger partial charge >= 0.3 is 5.97 Å². The molecule has 1 heterocycles. The van der Waals surface area contributed by atoms with Crippen molar-refractivity contribution in [2.24, 2.45) is 0 Å². The van der Waals surface area contributed by atoms with Crippen LogP contribution in [0.2, 0.25) is 0 Å². The van der Waals surface area contributed by atoms with Gasteiger partial charge in [-0.2, -0.15) is 0 Å². The largest absolute Gasteiger partial charge is 0.451 e. The Morgan fingerprint density at radius 1 is 1.00 bits per heavy atom. The summed E-state index contributed by atoms with van der Waals surface area (Å²) in [4.78, 5) is 23.8. The second-order valence-electron chi connectivity index (χ2n) is 5.02. The van der Waals surface area contributed by atoms with Crippen molar-refractivity contribution in [2.75, 3.05) is 11.9 Å². The standard InChI is InChI=1S/C17H10F3NO3S/c18-11-2-1-3-14-10(11)7-15(25-14)17(23)24-8-16(22)21-9-4-5-12(19)13(20)6-9/h1-7H,8H2,(H,21,22). The van der Waals surface area contributed by atoms with Gasteiger partial charge in [-0.05, 0) is 30.3 Å². The van der Waals surface area contributed by atoms with E-state index in [2.05, 4.69) is 5.32 Å². The summed E-state index contributed by atoms with van der Waals surface area (Å²) < 4.78 is 44.9. The number of anilines is 1. The first-order valence-electron chi connectivity index (χ1n) is 7.04. The van der Waals surface area contributed by atoms with Crippen molar-refractivity contribution < 1.29 is 27.5 Å². The lowest BCUT2D eigenvalue weighted by molar-refractivity contribution is -0.119. The number of esters is 1. The Morgan fingerprint density at radius 3 is 2.52 bits per heavy atom. The fraction of sp³-hybridized carbons (Fsp3) is 0.0588. The van der Waals surface area contributed by atoms with Gasteiger partial charge in [0.05, 0.1) is 0 Å². The second kappa shape index (κ2) is 6.94. The van der Waals surface area contributed by atoms with E-state index in [4.69, 9.17) is 4.74 Å². The Morgan fingerprint density at radius 2 is 1.80 bits per heavy atom. The molecule has 0 bridgehead atoms. The summed E-state index contributed by atoms with van der Waals surface area (Å²) in [6.07, 6.45) is 0. The summed E-state index contributed by atoms with van der Waals surface area (Å²) in [6.45, 7) is -0.617. The van der Waals surface area contributed by atoms with Gasteiger partial charge in [-0.1, -0.05) is 6.07 Å². The Labute approximate surface area is 143 Å². The fourth-order valence-electron chi connectivity index (χ4n) is 2.10. The van der Waals surface area contributed by atoms with E-state index in [1.54, 1.807) is 6.07 Å². The molecule has 0 saturated heterocycles. The summed E-state index contributed by atoms with van der Waals surface area (Å²) in [7, 11) is 0. The van der Waals surface area contributed by atoms with Gasteiger partial charge in [0.25, 0.3) is 5.91 Å². The number of nitrogens with one attached hydrogen (secondary N) is 1. The van der Waals surface area contributed by atoms with Gasteiger partial charge in [0, 0.05) is 21.8 Å². The van der Waals surface area contributed by atoms with Crippen molar-refractivity contribution in [3.05, 3.63) is 64.8 Å². The third kappa shape index (κ3) is 3.80. The highest BCUT2D eigenvalue weighted by Crippen LogP contribution is 2.28. The maximum Gasteiger partial charge on any atom is 0.348 e. The van der Waals surface area contributed by atoms with E-state index in [1.165, 1.54) is 24.3 Å². The molecule has 1 N–H and O–H groups in total. The number of amides is 1. The lowest BCUT2D eigenvalue weighted by Crippen LogP contribution is -2.20. The predicted octanol–water partition coefficient (Wildman–Crippen LogP) is 4.11. The third-order valence-corrected chi connectivity index (χ3v) is 4.33. The predicted molar refractivity (Wildman–Crippen MR) is 87.1 cm³/mol. The maximum atomic E-state index is 13.6. The zero-order chi connectivity index (χ0) is 18.0. The minimum Gasteiger partial charge on any atom is -0.451 e. The highest BCUT2D eigenvalue weighted by atomic mass is 32.1. The summed E-state index contributed by atoms with van der Waals surface area (Å²) in [6, 6.07) is 8.66. The van der Waals surface area contributed by atoms with Crippen LogP contribution in [-0.4, -0.2) is 18.5 Å². The van der Waals surface area contributed by atoms with Crippen molar-refractivity contribution in [2.45, 2.75) is 0 Å². The molecule has 3 rings (SSSR count). The van der Waals surface area contributed by atoms with Crippen LogP contribution in [0.4, 0.5) is 18.9 Å². The molecule has 0 aliphatic carbocycles. The molecule has 128 valence electrons. The molecule has 1 amide bonds. The van der Waals surface area contributed by atoms with E-state index in [0.717, 1.165) is 23.5 Å². The van der Waals surface area contributed by atoms with Crippen molar-refractivity contribution in [1.29, 1.82) is 0 Å². The molecule has 0 aliphatic rings. The number of fused-ring (bicyclic) bond motifs is 1. The van der Waals surface area contributed by atoms with Gasteiger partial charge in [-0.3, -0.25) is 4.79 Å². The van der Waals surface area contributed by atoms with Crippen LogP contribution in [0.1, 0.15) is 9.67 Å². The highest BCUT2D eigenvalue weighted by Gasteiger charge is 2.15. The monoisotopic (exact) mass is 365 g/mol. The van der Waals surface area contributed by atoms with Crippen molar-refractivity contribution in [1.82, 2.24) is 0 Å². The van der Waals surface area contributed by atoms with Gasteiger partial charge in [0.15, 0.2) is 18.2 Å². The number of benzene rings is 2. The number of rotatable bonds is 4. The molecule has 0 fully saturated rings. The number of hydrogen-bond acceptors (Lipinski definition) is 4. The summed E-state index contributed by atoms with van der Waals surface area (Å²) in [5.41, 5.74) is 0.0314. The molecule has 1 aromatic heterocycles. The van der Waals surface area contributed by atoms with Gasteiger partial charge in [0.1, 0.15) is 10.7 Å². The topological polar surface area (TPSA) is 55.4 Å². The number of thiophene rings is 1. The molecule has 25 heavy (non-hydrogen) atoms. The van der Waals surface area contributed by atoms with Crippen LogP contribution in [0.3, 0.4) is 0 Å². The second-order valence-corrected chi connectivity index (χ2v) is 6.10. The smallest absolute Gasteiger partial charge is 0.348 e. The van der Waals surface area contributed by atoms with Gasteiger partial charge in [0.2, 0.25) is 0 Å².